The first-order valence-corrected chi connectivity index (χ1v) is 3.84. The van der Waals surface area contributed by atoms with E-state index >= 15 is 0 Å². The van der Waals surface area contributed by atoms with E-state index in [-0.39, 0.29) is 11.5 Å². The van der Waals surface area contributed by atoms with Crippen molar-refractivity contribution >= 4 is 17.6 Å². The lowest BCUT2D eigenvalue weighted by Crippen LogP contribution is -2.07. The van der Waals surface area contributed by atoms with Gasteiger partial charge in [-0.2, -0.15) is 14.6 Å². The van der Waals surface area contributed by atoms with Crippen LogP contribution in [0, 0.1) is 0 Å². The first kappa shape index (κ1) is 8.42. The number of hydrogen-bond acceptors (Lipinski definition) is 5. The summed E-state index contributed by atoms with van der Waals surface area (Å²) in [5.41, 5.74) is -0.0603. The molecule has 0 unspecified atom stereocenters. The third-order valence-electron chi connectivity index (χ3n) is 1.73. The Morgan fingerprint density at radius 3 is 3.07 bits per heavy atom. The van der Waals surface area contributed by atoms with Crippen LogP contribution in [0.25, 0.3) is 5.78 Å². The minimum Gasteiger partial charge on any atom is -0.477 e. The number of hydrogen-bond donors (Lipinski definition) is 2. The third kappa shape index (κ3) is 1.15. The van der Waals surface area contributed by atoms with Crippen LogP contribution in [0.2, 0.25) is 0 Å². The number of carboxylic acids is 1. The summed E-state index contributed by atoms with van der Waals surface area (Å²) < 4.78 is 1.42. The fourth-order valence-corrected chi connectivity index (χ4v) is 1.10. The summed E-state index contributed by atoms with van der Waals surface area (Å²) >= 11 is 0. The second-order valence-electron chi connectivity index (χ2n) is 2.55. The first-order chi connectivity index (χ1) is 6.72. The van der Waals surface area contributed by atoms with E-state index in [0.717, 1.165) is 0 Å². The Morgan fingerprint density at radius 2 is 2.43 bits per heavy atom. The molecule has 0 aliphatic heterocycles. The number of anilines is 1. The highest BCUT2D eigenvalue weighted by molar-refractivity contribution is 5.86. The average Bonchev–Trinajstić information content (AvgIpc) is 2.63. The smallest absolute Gasteiger partial charge is 0.354 e. The number of fused-ring (bicyclic) bond motifs is 1. The molecule has 0 aliphatic rings. The Balaban J connectivity index is 2.73. The summed E-state index contributed by atoms with van der Waals surface area (Å²) in [6.07, 6.45) is 1.31. The van der Waals surface area contributed by atoms with Crippen LogP contribution in [0.3, 0.4) is 0 Å². The van der Waals surface area contributed by atoms with E-state index in [4.69, 9.17) is 5.11 Å². The SMILES string of the molecule is CNc1cc(C(=O)O)nc2ncnn12. The van der Waals surface area contributed by atoms with Crippen LogP contribution in [0.5, 0.6) is 0 Å². The van der Waals surface area contributed by atoms with E-state index in [1.165, 1.54) is 16.9 Å². The van der Waals surface area contributed by atoms with Gasteiger partial charge in [-0.1, -0.05) is 0 Å². The molecule has 2 N–H and O–H groups in total. The molecule has 14 heavy (non-hydrogen) atoms. The molecule has 7 heteroatoms. The van der Waals surface area contributed by atoms with Crippen molar-refractivity contribution < 1.29 is 9.90 Å². The van der Waals surface area contributed by atoms with Crippen molar-refractivity contribution in [2.24, 2.45) is 0 Å². The molecule has 2 aromatic heterocycles. The Hall–Kier alpha value is -2.18. The van der Waals surface area contributed by atoms with Gasteiger partial charge < -0.3 is 10.4 Å². The molecular formula is C7H7N5O2. The summed E-state index contributed by atoms with van der Waals surface area (Å²) in [6.45, 7) is 0. The van der Waals surface area contributed by atoms with Crippen molar-refractivity contribution in [3.63, 3.8) is 0 Å². The zero-order valence-corrected chi connectivity index (χ0v) is 7.30. The van der Waals surface area contributed by atoms with Crippen LogP contribution in [0.4, 0.5) is 5.82 Å². The number of aromatic nitrogens is 4. The molecule has 0 atom stereocenters. The van der Waals surface area contributed by atoms with Gasteiger partial charge in [-0.25, -0.2) is 9.78 Å². The molecule has 0 amide bonds. The van der Waals surface area contributed by atoms with E-state index in [1.807, 2.05) is 0 Å². The third-order valence-corrected chi connectivity index (χ3v) is 1.73. The quantitative estimate of drug-likeness (QED) is 0.689. The van der Waals surface area contributed by atoms with Crippen molar-refractivity contribution in [1.82, 2.24) is 19.6 Å². The van der Waals surface area contributed by atoms with Crippen LogP contribution in [0.1, 0.15) is 10.5 Å². The normalized spacial score (nSPS) is 10.4. The van der Waals surface area contributed by atoms with Gasteiger partial charge in [-0.05, 0) is 0 Å². The predicted octanol–water partition coefficient (Wildman–Crippen LogP) is -0.136. The Morgan fingerprint density at radius 1 is 1.64 bits per heavy atom. The molecule has 2 heterocycles. The van der Waals surface area contributed by atoms with Gasteiger partial charge in [-0.15, -0.1) is 0 Å². The minimum atomic E-state index is -1.09. The van der Waals surface area contributed by atoms with E-state index in [0.29, 0.717) is 5.82 Å². The maximum Gasteiger partial charge on any atom is 0.354 e. The molecule has 7 nitrogen and oxygen atoms in total. The van der Waals surface area contributed by atoms with Gasteiger partial charge in [0.05, 0.1) is 0 Å². The van der Waals surface area contributed by atoms with Gasteiger partial charge in [0.2, 0.25) is 0 Å². The molecule has 2 aromatic rings. The maximum atomic E-state index is 10.7. The second-order valence-corrected chi connectivity index (χ2v) is 2.55. The fraction of sp³-hybridized carbons (Fsp3) is 0.143. The van der Waals surface area contributed by atoms with E-state index in [1.54, 1.807) is 7.05 Å². The highest BCUT2D eigenvalue weighted by atomic mass is 16.4. The summed E-state index contributed by atoms with van der Waals surface area (Å²) in [5, 5.41) is 15.4. The molecule has 0 saturated carbocycles. The van der Waals surface area contributed by atoms with E-state index in [2.05, 4.69) is 20.4 Å². The van der Waals surface area contributed by atoms with Gasteiger partial charge in [0.1, 0.15) is 12.1 Å². The van der Waals surface area contributed by atoms with Crippen LogP contribution < -0.4 is 5.32 Å². The number of nitrogens with one attached hydrogen (secondary N) is 1. The van der Waals surface area contributed by atoms with Crippen LogP contribution >= 0.6 is 0 Å². The fourth-order valence-electron chi connectivity index (χ4n) is 1.10. The van der Waals surface area contributed by atoms with Gasteiger partial charge >= 0.3 is 5.97 Å². The topological polar surface area (TPSA) is 92.4 Å². The monoisotopic (exact) mass is 193 g/mol. The molecule has 72 valence electrons. The summed E-state index contributed by atoms with van der Waals surface area (Å²) in [7, 11) is 1.67. The van der Waals surface area contributed by atoms with Crippen LogP contribution in [0.15, 0.2) is 12.4 Å². The number of rotatable bonds is 2. The van der Waals surface area contributed by atoms with Gasteiger partial charge in [0, 0.05) is 13.1 Å². The van der Waals surface area contributed by atoms with Crippen molar-refractivity contribution in [1.29, 1.82) is 0 Å². The van der Waals surface area contributed by atoms with Crippen molar-refractivity contribution in [2.75, 3.05) is 12.4 Å². The lowest BCUT2D eigenvalue weighted by atomic mass is 10.4. The number of carbonyl (C=O) groups is 1. The minimum absolute atomic E-state index is 0.0603. The molecule has 2 rings (SSSR count). The summed E-state index contributed by atoms with van der Waals surface area (Å²) in [4.78, 5) is 18.3. The Bertz CT molecular complexity index is 492. The highest BCUT2D eigenvalue weighted by Gasteiger charge is 2.10. The molecule has 0 aromatic carbocycles. The molecule has 0 saturated heterocycles. The summed E-state index contributed by atoms with van der Waals surface area (Å²) in [5.74, 6) is -0.300. The Labute approximate surface area is 78.4 Å². The zero-order valence-electron chi connectivity index (χ0n) is 7.30. The average molecular weight is 193 g/mol. The number of carboxylic acid groups (broad SMARTS) is 1. The number of nitrogens with zero attached hydrogens (tertiary/aromatic N) is 4. The summed E-state index contributed by atoms with van der Waals surface area (Å²) in [6, 6.07) is 1.39. The predicted molar refractivity (Wildman–Crippen MR) is 47.3 cm³/mol. The van der Waals surface area contributed by atoms with E-state index in [9.17, 15) is 4.79 Å². The van der Waals surface area contributed by atoms with Crippen LogP contribution in [-0.4, -0.2) is 37.7 Å². The molecule has 0 fully saturated rings. The lowest BCUT2D eigenvalue weighted by Gasteiger charge is -2.02. The van der Waals surface area contributed by atoms with Gasteiger partial charge in [0.15, 0.2) is 5.69 Å². The standard InChI is InChI=1S/C7H7N5O2/c1-8-5-2-4(6(13)14)11-7-9-3-10-12(5)7/h2-3,8H,1H3,(H,13,14). The maximum absolute atomic E-state index is 10.7. The largest absolute Gasteiger partial charge is 0.477 e. The Kier molecular flexibility index (Phi) is 1.77. The lowest BCUT2D eigenvalue weighted by molar-refractivity contribution is 0.0690. The second kappa shape index (κ2) is 2.95. The van der Waals surface area contributed by atoms with Crippen molar-refractivity contribution in [3.8, 4) is 0 Å². The molecular weight excluding hydrogens is 186 g/mol. The zero-order chi connectivity index (χ0) is 10.1. The molecule has 0 spiro atoms. The van der Waals surface area contributed by atoms with Crippen molar-refractivity contribution in [3.05, 3.63) is 18.1 Å². The molecule has 0 aliphatic carbocycles. The van der Waals surface area contributed by atoms with E-state index < -0.39 is 5.97 Å². The molecule has 0 radical (unpaired) electrons. The molecule has 0 bridgehead atoms. The first-order valence-electron chi connectivity index (χ1n) is 3.84. The van der Waals surface area contributed by atoms with Gasteiger partial charge in [-0.3, -0.25) is 0 Å². The van der Waals surface area contributed by atoms with Crippen LogP contribution in [-0.2, 0) is 0 Å². The van der Waals surface area contributed by atoms with Crippen molar-refractivity contribution in [2.45, 2.75) is 0 Å². The highest BCUT2D eigenvalue weighted by Crippen LogP contribution is 2.09. The van der Waals surface area contributed by atoms with Gasteiger partial charge in [0.25, 0.3) is 5.78 Å². The number of aromatic carboxylic acids is 1.